The van der Waals surface area contributed by atoms with Crippen LogP contribution in [0, 0.1) is 0 Å². The van der Waals surface area contributed by atoms with Crippen LogP contribution in [0.2, 0.25) is 0 Å². The van der Waals surface area contributed by atoms with E-state index in [1.54, 1.807) is 16.7 Å². The van der Waals surface area contributed by atoms with Crippen molar-refractivity contribution in [2.45, 2.75) is 36.1 Å². The third-order valence-corrected chi connectivity index (χ3v) is 6.30. The first-order valence-corrected chi connectivity index (χ1v) is 10.6. The Bertz CT molecular complexity index is 951. The Morgan fingerprint density at radius 2 is 1.64 bits per heavy atom. The largest absolute Gasteiger partial charge is 0.348 e. The number of fused-ring (bicyclic) bond motifs is 1. The van der Waals surface area contributed by atoms with E-state index in [1.807, 2.05) is 50.5 Å². The minimum absolute atomic E-state index is 0.0804. The molecule has 0 fully saturated rings. The van der Waals surface area contributed by atoms with E-state index in [4.69, 9.17) is 4.98 Å². The molecule has 0 bridgehead atoms. The standard InChI is InChI=1S/C23H25N3OS/c1-25(2)22(27)21(17-11-5-3-6-12-17)28-23-24-19-15-9-10-16-20(19)26(23)18-13-7-4-8-14-18/h3-8,11-14,21H,9-10,15-16H2,1-2H3. The van der Waals surface area contributed by atoms with Gasteiger partial charge in [-0.15, -0.1) is 0 Å². The molecule has 0 radical (unpaired) electrons. The van der Waals surface area contributed by atoms with E-state index < -0.39 is 0 Å². The van der Waals surface area contributed by atoms with Gasteiger partial charge in [0.25, 0.3) is 0 Å². The second-order valence-electron chi connectivity index (χ2n) is 7.31. The summed E-state index contributed by atoms with van der Waals surface area (Å²) in [5, 5.41) is 0.588. The Morgan fingerprint density at radius 3 is 2.32 bits per heavy atom. The molecular weight excluding hydrogens is 366 g/mol. The van der Waals surface area contributed by atoms with Gasteiger partial charge in [-0.3, -0.25) is 9.36 Å². The monoisotopic (exact) mass is 391 g/mol. The molecule has 144 valence electrons. The van der Waals surface area contributed by atoms with Crippen molar-refractivity contribution in [1.82, 2.24) is 14.5 Å². The summed E-state index contributed by atoms with van der Waals surface area (Å²) in [5.41, 5.74) is 4.60. The quantitative estimate of drug-likeness (QED) is 0.593. The second-order valence-corrected chi connectivity index (χ2v) is 8.38. The summed E-state index contributed by atoms with van der Waals surface area (Å²) < 4.78 is 2.26. The lowest BCUT2D eigenvalue weighted by Gasteiger charge is -2.21. The summed E-state index contributed by atoms with van der Waals surface area (Å²) >= 11 is 1.55. The molecular formula is C23H25N3OS. The number of para-hydroxylation sites is 1. The third-order valence-electron chi connectivity index (χ3n) is 5.11. The summed E-state index contributed by atoms with van der Waals surface area (Å²) in [6, 6.07) is 20.4. The number of amides is 1. The van der Waals surface area contributed by atoms with Crippen molar-refractivity contribution in [3.63, 3.8) is 0 Å². The normalized spacial score (nSPS) is 14.4. The molecule has 0 saturated heterocycles. The molecule has 2 aromatic carbocycles. The van der Waals surface area contributed by atoms with Crippen LogP contribution in [0.1, 0.15) is 35.0 Å². The molecule has 1 heterocycles. The Hall–Kier alpha value is -2.53. The second kappa shape index (κ2) is 8.23. The third kappa shape index (κ3) is 3.72. The highest BCUT2D eigenvalue weighted by Crippen LogP contribution is 2.39. The molecule has 4 nitrogen and oxygen atoms in total. The number of likely N-dealkylation sites (N-methyl/N-ethyl adjacent to an activating group) is 1. The van der Waals surface area contributed by atoms with Crippen LogP contribution in [0.5, 0.6) is 0 Å². The predicted molar refractivity (Wildman–Crippen MR) is 114 cm³/mol. The van der Waals surface area contributed by atoms with Gasteiger partial charge in [-0.05, 0) is 43.4 Å². The lowest BCUT2D eigenvalue weighted by atomic mass is 10.0. The summed E-state index contributed by atoms with van der Waals surface area (Å²) in [6.45, 7) is 0. The zero-order valence-corrected chi connectivity index (χ0v) is 17.2. The molecule has 1 aliphatic rings. The summed E-state index contributed by atoms with van der Waals surface area (Å²) in [7, 11) is 3.63. The molecule has 0 spiro atoms. The van der Waals surface area contributed by atoms with Crippen LogP contribution in [0.4, 0.5) is 0 Å². The Labute approximate surface area is 170 Å². The van der Waals surface area contributed by atoms with Crippen LogP contribution < -0.4 is 0 Å². The lowest BCUT2D eigenvalue weighted by Crippen LogP contribution is -2.27. The van der Waals surface area contributed by atoms with Gasteiger partial charge in [0, 0.05) is 25.5 Å². The Balaban J connectivity index is 1.79. The highest BCUT2D eigenvalue weighted by molar-refractivity contribution is 8.00. The summed E-state index contributed by atoms with van der Waals surface area (Å²) in [6.07, 6.45) is 4.42. The number of imidazole rings is 1. The fraction of sp³-hybridized carbons (Fsp3) is 0.304. The van der Waals surface area contributed by atoms with Gasteiger partial charge < -0.3 is 4.90 Å². The van der Waals surface area contributed by atoms with Gasteiger partial charge in [0.15, 0.2) is 5.16 Å². The number of hydrogen-bond acceptors (Lipinski definition) is 3. The highest BCUT2D eigenvalue weighted by Gasteiger charge is 2.28. The van der Waals surface area contributed by atoms with Crippen LogP contribution in [-0.2, 0) is 17.6 Å². The molecule has 1 amide bonds. The van der Waals surface area contributed by atoms with Crippen LogP contribution in [0.3, 0.4) is 0 Å². The van der Waals surface area contributed by atoms with Gasteiger partial charge in [0.1, 0.15) is 5.25 Å². The van der Waals surface area contributed by atoms with Crippen molar-refractivity contribution < 1.29 is 4.79 Å². The Kier molecular flexibility index (Phi) is 5.53. The van der Waals surface area contributed by atoms with Crippen LogP contribution in [0.15, 0.2) is 65.8 Å². The number of aryl methyl sites for hydroxylation is 1. The van der Waals surface area contributed by atoms with Crippen molar-refractivity contribution in [3.05, 3.63) is 77.6 Å². The maximum atomic E-state index is 13.0. The van der Waals surface area contributed by atoms with Gasteiger partial charge in [-0.25, -0.2) is 4.98 Å². The summed E-state index contributed by atoms with van der Waals surface area (Å²) in [5.74, 6) is 0.0804. The minimum Gasteiger partial charge on any atom is -0.348 e. The van der Waals surface area contributed by atoms with E-state index in [1.165, 1.54) is 24.2 Å². The minimum atomic E-state index is -0.317. The summed E-state index contributed by atoms with van der Waals surface area (Å²) in [4.78, 5) is 19.7. The fourth-order valence-corrected chi connectivity index (χ4v) is 4.97. The molecule has 0 N–H and O–H groups in total. The zero-order chi connectivity index (χ0) is 19.5. The number of aromatic nitrogens is 2. The van der Waals surface area contributed by atoms with Crippen LogP contribution in [0.25, 0.3) is 5.69 Å². The van der Waals surface area contributed by atoms with Crippen LogP contribution >= 0.6 is 11.8 Å². The number of nitrogens with zero attached hydrogens (tertiary/aromatic N) is 3. The molecule has 0 aliphatic heterocycles. The first-order valence-electron chi connectivity index (χ1n) is 9.74. The Morgan fingerprint density at radius 1 is 1.00 bits per heavy atom. The van der Waals surface area contributed by atoms with E-state index in [0.29, 0.717) is 0 Å². The number of benzene rings is 2. The molecule has 5 heteroatoms. The van der Waals surface area contributed by atoms with Crippen molar-refractivity contribution >= 4 is 17.7 Å². The van der Waals surface area contributed by atoms with Crippen LogP contribution in [-0.4, -0.2) is 34.5 Å². The van der Waals surface area contributed by atoms with E-state index in [-0.39, 0.29) is 11.2 Å². The van der Waals surface area contributed by atoms with Crippen molar-refractivity contribution in [2.24, 2.45) is 0 Å². The topological polar surface area (TPSA) is 38.1 Å². The van der Waals surface area contributed by atoms with E-state index in [0.717, 1.165) is 29.2 Å². The smallest absolute Gasteiger partial charge is 0.240 e. The maximum Gasteiger partial charge on any atom is 0.240 e. The highest BCUT2D eigenvalue weighted by atomic mass is 32.2. The molecule has 28 heavy (non-hydrogen) atoms. The average molecular weight is 392 g/mol. The molecule has 1 atom stereocenters. The van der Waals surface area contributed by atoms with Gasteiger partial charge in [-0.1, -0.05) is 60.3 Å². The number of carbonyl (C=O) groups is 1. The molecule has 0 saturated carbocycles. The molecule has 1 aliphatic carbocycles. The predicted octanol–water partition coefficient (Wildman–Crippen LogP) is 4.67. The van der Waals surface area contributed by atoms with Gasteiger partial charge in [0.2, 0.25) is 5.91 Å². The number of thioether (sulfide) groups is 1. The molecule has 1 unspecified atom stereocenters. The van der Waals surface area contributed by atoms with E-state index in [9.17, 15) is 4.79 Å². The first kappa shape index (κ1) is 18.8. The number of hydrogen-bond donors (Lipinski definition) is 0. The van der Waals surface area contributed by atoms with Gasteiger partial charge in [0.05, 0.1) is 5.69 Å². The van der Waals surface area contributed by atoms with Crippen molar-refractivity contribution in [2.75, 3.05) is 14.1 Å². The van der Waals surface area contributed by atoms with E-state index >= 15 is 0 Å². The SMILES string of the molecule is CN(C)C(=O)C(Sc1nc2c(n1-c1ccccc1)CCCC2)c1ccccc1. The average Bonchev–Trinajstić information content (AvgIpc) is 3.10. The maximum absolute atomic E-state index is 13.0. The van der Waals surface area contributed by atoms with E-state index in [2.05, 4.69) is 28.8 Å². The first-order chi connectivity index (χ1) is 13.6. The van der Waals surface area contributed by atoms with Crippen molar-refractivity contribution in [3.8, 4) is 5.69 Å². The molecule has 4 rings (SSSR count). The number of rotatable bonds is 5. The molecule has 1 aromatic heterocycles. The fourth-order valence-electron chi connectivity index (χ4n) is 3.67. The van der Waals surface area contributed by atoms with Gasteiger partial charge >= 0.3 is 0 Å². The molecule has 3 aromatic rings. The number of carbonyl (C=O) groups excluding carboxylic acids is 1. The van der Waals surface area contributed by atoms with Crippen molar-refractivity contribution in [1.29, 1.82) is 0 Å². The van der Waals surface area contributed by atoms with Gasteiger partial charge in [-0.2, -0.15) is 0 Å². The zero-order valence-electron chi connectivity index (χ0n) is 16.3. The lowest BCUT2D eigenvalue weighted by molar-refractivity contribution is -0.128.